The molecule has 0 atom stereocenters. The fourth-order valence-electron chi connectivity index (χ4n) is 1.73. The Morgan fingerprint density at radius 3 is 2.90 bits per heavy atom. The van der Waals surface area contributed by atoms with Crippen LogP contribution in [0.25, 0.3) is 0 Å². The minimum Gasteiger partial charge on any atom is -0.493 e. The van der Waals surface area contributed by atoms with Crippen molar-refractivity contribution in [3.63, 3.8) is 0 Å². The van der Waals surface area contributed by atoms with E-state index in [0.717, 1.165) is 18.5 Å². The van der Waals surface area contributed by atoms with Gasteiger partial charge in [0.15, 0.2) is 6.29 Å². The molecule has 0 bridgehead atoms. The summed E-state index contributed by atoms with van der Waals surface area (Å²) in [6.45, 7) is 3.84. The van der Waals surface area contributed by atoms with Crippen LogP contribution >= 0.6 is 0 Å². The molecule has 0 spiro atoms. The highest BCUT2D eigenvalue weighted by atomic mass is 16.5. The summed E-state index contributed by atoms with van der Waals surface area (Å²) in [5.41, 5.74) is 0.527. The summed E-state index contributed by atoms with van der Waals surface area (Å²) >= 11 is 0. The lowest BCUT2D eigenvalue weighted by Crippen LogP contribution is -2.08. The fraction of sp³-hybridized carbons (Fsp3) is 0.333. The number of aromatic nitrogens is 2. The summed E-state index contributed by atoms with van der Waals surface area (Å²) in [4.78, 5) is 15.0. The minimum atomic E-state index is 0.467. The van der Waals surface area contributed by atoms with Crippen molar-refractivity contribution in [1.29, 1.82) is 0 Å². The van der Waals surface area contributed by atoms with Gasteiger partial charge in [0, 0.05) is 18.5 Å². The van der Waals surface area contributed by atoms with E-state index < -0.39 is 0 Å². The molecule has 0 amide bonds. The second-order valence-electron chi connectivity index (χ2n) is 4.31. The molecule has 0 N–H and O–H groups in total. The van der Waals surface area contributed by atoms with Crippen molar-refractivity contribution >= 4 is 6.29 Å². The predicted octanol–water partition coefficient (Wildman–Crippen LogP) is 2.56. The van der Waals surface area contributed by atoms with Crippen molar-refractivity contribution in [2.45, 2.75) is 19.9 Å². The monoisotopic (exact) mass is 274 g/mol. The van der Waals surface area contributed by atoms with E-state index in [9.17, 15) is 4.79 Å². The van der Waals surface area contributed by atoms with Crippen LogP contribution in [-0.2, 0) is 6.54 Å². The number of carbonyl (C=O) groups is 1. The molecule has 2 rings (SSSR count). The molecule has 0 saturated heterocycles. The number of aldehydes is 1. The van der Waals surface area contributed by atoms with E-state index in [-0.39, 0.29) is 0 Å². The van der Waals surface area contributed by atoms with Gasteiger partial charge in [-0.05, 0) is 18.6 Å². The first-order chi connectivity index (χ1) is 9.83. The Labute approximate surface area is 118 Å². The molecule has 5 heteroatoms. The molecule has 0 aliphatic rings. The van der Waals surface area contributed by atoms with Gasteiger partial charge >= 0.3 is 0 Å². The van der Waals surface area contributed by atoms with Crippen LogP contribution in [0, 0.1) is 0 Å². The highest BCUT2D eigenvalue weighted by Gasteiger charge is 2.05. The highest BCUT2D eigenvalue weighted by molar-refractivity contribution is 5.79. The molecular weight excluding hydrogens is 256 g/mol. The van der Waals surface area contributed by atoms with Crippen LogP contribution in [0.3, 0.4) is 0 Å². The topological polar surface area (TPSA) is 53.4 Å². The molecular formula is C15H18N2O3. The summed E-state index contributed by atoms with van der Waals surface area (Å²) in [5, 5.41) is 0. The number of ether oxygens (including phenoxy) is 2. The lowest BCUT2D eigenvalue weighted by Gasteiger charge is -2.11. The van der Waals surface area contributed by atoms with Crippen molar-refractivity contribution in [3.05, 3.63) is 42.5 Å². The summed E-state index contributed by atoms with van der Waals surface area (Å²) in [5.74, 6) is 1.27. The van der Waals surface area contributed by atoms with E-state index in [0.29, 0.717) is 31.1 Å². The Bertz CT molecular complexity index is 538. The second kappa shape index (κ2) is 7.33. The summed E-state index contributed by atoms with van der Waals surface area (Å²) in [7, 11) is 0. The van der Waals surface area contributed by atoms with Gasteiger partial charge < -0.3 is 14.0 Å². The van der Waals surface area contributed by atoms with Crippen molar-refractivity contribution in [3.8, 4) is 11.5 Å². The number of nitrogens with zero attached hydrogens (tertiary/aromatic N) is 2. The average molecular weight is 274 g/mol. The molecule has 1 heterocycles. The molecule has 2 aromatic rings. The lowest BCUT2D eigenvalue weighted by atomic mass is 10.2. The van der Waals surface area contributed by atoms with Crippen LogP contribution in [0.15, 0.2) is 36.9 Å². The molecule has 0 fully saturated rings. The maximum atomic E-state index is 11.0. The van der Waals surface area contributed by atoms with Crippen LogP contribution in [0.2, 0.25) is 0 Å². The molecule has 0 saturated carbocycles. The maximum absolute atomic E-state index is 11.0. The first kappa shape index (κ1) is 14.1. The molecule has 1 aromatic carbocycles. The van der Waals surface area contributed by atoms with Gasteiger partial charge in [-0.3, -0.25) is 4.79 Å². The van der Waals surface area contributed by atoms with Gasteiger partial charge in [0.1, 0.15) is 18.1 Å². The van der Waals surface area contributed by atoms with Crippen molar-refractivity contribution in [2.24, 2.45) is 0 Å². The Kier molecular flexibility index (Phi) is 5.17. The first-order valence-corrected chi connectivity index (χ1v) is 6.64. The van der Waals surface area contributed by atoms with Gasteiger partial charge in [0.2, 0.25) is 0 Å². The summed E-state index contributed by atoms with van der Waals surface area (Å²) < 4.78 is 13.1. The zero-order valence-electron chi connectivity index (χ0n) is 11.5. The summed E-state index contributed by atoms with van der Waals surface area (Å²) in [6, 6.07) is 5.25. The Balaban J connectivity index is 1.98. The number of imidazole rings is 1. The smallest absolute Gasteiger partial charge is 0.153 e. The Morgan fingerprint density at radius 1 is 1.30 bits per heavy atom. The van der Waals surface area contributed by atoms with Crippen molar-refractivity contribution in [1.82, 2.24) is 9.55 Å². The van der Waals surface area contributed by atoms with Gasteiger partial charge in [-0.1, -0.05) is 6.92 Å². The zero-order chi connectivity index (χ0) is 14.2. The average Bonchev–Trinajstić information content (AvgIpc) is 2.98. The molecule has 0 aliphatic carbocycles. The quantitative estimate of drug-likeness (QED) is 0.694. The van der Waals surface area contributed by atoms with Gasteiger partial charge in [-0.25, -0.2) is 4.98 Å². The van der Waals surface area contributed by atoms with Crippen LogP contribution in [0.5, 0.6) is 11.5 Å². The second-order valence-corrected chi connectivity index (χ2v) is 4.31. The van der Waals surface area contributed by atoms with E-state index in [2.05, 4.69) is 4.98 Å². The van der Waals surface area contributed by atoms with Crippen LogP contribution in [0.1, 0.15) is 23.7 Å². The van der Waals surface area contributed by atoms with Gasteiger partial charge in [-0.2, -0.15) is 0 Å². The highest BCUT2D eigenvalue weighted by Crippen LogP contribution is 2.24. The van der Waals surface area contributed by atoms with Gasteiger partial charge in [-0.15, -0.1) is 0 Å². The lowest BCUT2D eigenvalue weighted by molar-refractivity contribution is 0.111. The number of benzene rings is 1. The van der Waals surface area contributed by atoms with Gasteiger partial charge in [0.05, 0.1) is 25.0 Å². The van der Waals surface area contributed by atoms with Crippen LogP contribution < -0.4 is 9.47 Å². The number of rotatable bonds is 8. The Hall–Kier alpha value is -2.30. The third kappa shape index (κ3) is 3.85. The van der Waals surface area contributed by atoms with E-state index in [1.807, 2.05) is 17.7 Å². The van der Waals surface area contributed by atoms with Crippen molar-refractivity contribution < 1.29 is 14.3 Å². The third-order valence-electron chi connectivity index (χ3n) is 2.75. The maximum Gasteiger partial charge on any atom is 0.153 e. The molecule has 20 heavy (non-hydrogen) atoms. The molecule has 106 valence electrons. The van der Waals surface area contributed by atoms with E-state index in [4.69, 9.17) is 9.47 Å². The standard InChI is InChI=1S/C15H18N2O3/c1-2-8-19-14-4-3-13(11-18)15(10-14)20-9-7-17-6-5-16-12-17/h3-6,10-12H,2,7-9H2,1H3. The van der Waals surface area contributed by atoms with Crippen molar-refractivity contribution in [2.75, 3.05) is 13.2 Å². The first-order valence-electron chi connectivity index (χ1n) is 6.64. The third-order valence-corrected chi connectivity index (χ3v) is 2.75. The molecule has 1 aromatic heterocycles. The Morgan fingerprint density at radius 2 is 2.20 bits per heavy atom. The molecule has 0 unspecified atom stereocenters. The number of hydrogen-bond donors (Lipinski definition) is 0. The number of carbonyl (C=O) groups excluding carboxylic acids is 1. The van der Waals surface area contributed by atoms with Gasteiger partial charge in [0.25, 0.3) is 0 Å². The predicted molar refractivity (Wildman–Crippen MR) is 75.3 cm³/mol. The SMILES string of the molecule is CCCOc1ccc(C=O)c(OCCn2ccnc2)c1. The molecule has 5 nitrogen and oxygen atoms in total. The van der Waals surface area contributed by atoms with Crippen LogP contribution in [0.4, 0.5) is 0 Å². The van der Waals surface area contributed by atoms with Crippen LogP contribution in [-0.4, -0.2) is 29.1 Å². The molecule has 0 aliphatic heterocycles. The fourth-order valence-corrected chi connectivity index (χ4v) is 1.73. The normalized spacial score (nSPS) is 10.2. The van der Waals surface area contributed by atoms with E-state index in [1.165, 1.54) is 0 Å². The summed E-state index contributed by atoms with van der Waals surface area (Å²) in [6.07, 6.45) is 7.04. The molecule has 0 radical (unpaired) electrons. The number of hydrogen-bond acceptors (Lipinski definition) is 4. The zero-order valence-corrected chi connectivity index (χ0v) is 11.5. The van der Waals surface area contributed by atoms with E-state index >= 15 is 0 Å². The minimum absolute atomic E-state index is 0.467. The largest absolute Gasteiger partial charge is 0.493 e. The van der Waals surface area contributed by atoms with E-state index in [1.54, 1.807) is 30.7 Å².